The summed E-state index contributed by atoms with van der Waals surface area (Å²) < 4.78 is 38.5. The second-order valence-corrected chi connectivity index (χ2v) is 5.85. The molecular weight excluding hydrogens is 359 g/mol. The molecule has 0 saturated heterocycles. The van der Waals surface area contributed by atoms with Crippen LogP contribution in [0.1, 0.15) is 5.56 Å². The Morgan fingerprint density at radius 3 is 2.40 bits per heavy atom. The van der Waals surface area contributed by atoms with Gasteiger partial charge in [-0.2, -0.15) is 18.6 Å². The first-order valence-corrected chi connectivity index (χ1v) is 8.24. The maximum Gasteiger partial charge on any atom is 1.00 e. The van der Waals surface area contributed by atoms with Crippen LogP contribution < -0.4 is 39.4 Å². The van der Waals surface area contributed by atoms with Crippen molar-refractivity contribution in [1.29, 1.82) is 0 Å². The van der Waals surface area contributed by atoms with Crippen LogP contribution in [0.5, 0.6) is 11.5 Å². The predicted octanol–water partition coefficient (Wildman–Crippen LogP) is -0.314. The fourth-order valence-corrected chi connectivity index (χ4v) is 2.00. The Labute approximate surface area is 167 Å². The monoisotopic (exact) mass is 374 g/mol. The summed E-state index contributed by atoms with van der Waals surface area (Å²) in [5, 5.41) is 19.5. The number of nitrogens with zero attached hydrogens (tertiary/aromatic N) is 2. The number of aryl methyl sites for hydroxylation is 1. The topological polar surface area (TPSA) is 121 Å². The van der Waals surface area contributed by atoms with Crippen molar-refractivity contribution in [3.8, 4) is 11.5 Å². The van der Waals surface area contributed by atoms with Gasteiger partial charge in [0.2, 0.25) is 0 Å². The van der Waals surface area contributed by atoms with Crippen LogP contribution in [-0.2, 0) is 14.6 Å². The van der Waals surface area contributed by atoms with Gasteiger partial charge in [-0.25, -0.2) is 4.18 Å². The summed E-state index contributed by atoms with van der Waals surface area (Å²) in [7, 11) is -4.46. The molecule has 0 fully saturated rings. The Morgan fingerprint density at radius 2 is 1.76 bits per heavy atom. The summed E-state index contributed by atoms with van der Waals surface area (Å²) in [6.45, 7) is 1.50. The van der Waals surface area contributed by atoms with Gasteiger partial charge in [0, 0.05) is 0 Å². The maximum atomic E-state index is 11.6. The van der Waals surface area contributed by atoms with Crippen LogP contribution in [0.25, 0.3) is 0 Å². The number of rotatable bonds is 7. The van der Waals surface area contributed by atoms with Crippen LogP contribution in [0.3, 0.4) is 0 Å². The molecular formula is C15H15N2NaO6S. The molecule has 128 valence electrons. The van der Waals surface area contributed by atoms with E-state index < -0.39 is 10.4 Å². The quantitative estimate of drug-likeness (QED) is 0.307. The van der Waals surface area contributed by atoms with Gasteiger partial charge in [-0.15, -0.1) is 0 Å². The van der Waals surface area contributed by atoms with Gasteiger partial charge < -0.3 is 9.84 Å². The zero-order chi connectivity index (χ0) is 17.6. The van der Waals surface area contributed by atoms with Gasteiger partial charge in [0.05, 0.1) is 11.4 Å². The minimum Gasteiger partial charge on any atom is -0.871 e. The SMILES string of the molecule is Cc1ccc([O-])c(N=Nc2ccc(OCCOS(=O)(=O)O)cc2)c1.[Na+]. The molecule has 0 spiro atoms. The third-order valence-electron chi connectivity index (χ3n) is 2.81. The van der Waals surface area contributed by atoms with Crippen molar-refractivity contribution in [2.75, 3.05) is 13.2 Å². The number of azo groups is 1. The largest absolute Gasteiger partial charge is 1.00 e. The summed E-state index contributed by atoms with van der Waals surface area (Å²) in [5.41, 5.74) is 1.70. The minimum absolute atomic E-state index is 0. The van der Waals surface area contributed by atoms with Crippen molar-refractivity contribution in [1.82, 2.24) is 0 Å². The molecule has 0 atom stereocenters. The Bertz CT molecular complexity index is 824. The van der Waals surface area contributed by atoms with E-state index in [-0.39, 0.29) is 54.2 Å². The van der Waals surface area contributed by atoms with Gasteiger partial charge in [-0.1, -0.05) is 17.9 Å². The molecule has 10 heteroatoms. The standard InChI is InChI=1S/C15H16N2O6S.Na/c1-11-2-7-15(18)14(10-11)17-16-12-3-5-13(6-4-12)22-8-9-23-24(19,20)21;/h2-7,10,18H,8-9H2,1H3,(H,19,20,21);/q;+1/p-1. The first kappa shape index (κ1) is 21.6. The Hall–Kier alpha value is -1.49. The first-order valence-electron chi connectivity index (χ1n) is 6.87. The summed E-state index contributed by atoms with van der Waals surface area (Å²) in [5.74, 6) is 0.260. The van der Waals surface area contributed by atoms with Crippen molar-refractivity contribution < 1.29 is 56.6 Å². The number of hydrogen-bond acceptors (Lipinski definition) is 7. The molecule has 0 heterocycles. The molecule has 0 bridgehead atoms. The molecule has 0 radical (unpaired) electrons. The fourth-order valence-electron chi connectivity index (χ4n) is 1.73. The molecule has 0 aliphatic rings. The Balaban J connectivity index is 0.00000312. The molecule has 0 amide bonds. The van der Waals surface area contributed by atoms with E-state index in [1.165, 1.54) is 6.07 Å². The van der Waals surface area contributed by atoms with E-state index in [1.807, 2.05) is 6.92 Å². The van der Waals surface area contributed by atoms with E-state index >= 15 is 0 Å². The van der Waals surface area contributed by atoms with Crippen molar-refractivity contribution >= 4 is 21.8 Å². The van der Waals surface area contributed by atoms with E-state index in [0.717, 1.165) is 5.56 Å². The van der Waals surface area contributed by atoms with E-state index in [1.54, 1.807) is 36.4 Å². The zero-order valence-corrected chi connectivity index (χ0v) is 16.6. The molecule has 0 aliphatic heterocycles. The van der Waals surface area contributed by atoms with E-state index in [9.17, 15) is 13.5 Å². The number of ether oxygens (including phenoxy) is 1. The molecule has 0 saturated carbocycles. The zero-order valence-electron chi connectivity index (χ0n) is 13.7. The summed E-state index contributed by atoms with van der Waals surface area (Å²) in [6, 6.07) is 11.3. The van der Waals surface area contributed by atoms with Crippen LogP contribution in [0.4, 0.5) is 11.4 Å². The van der Waals surface area contributed by atoms with Gasteiger partial charge >= 0.3 is 40.0 Å². The van der Waals surface area contributed by atoms with Crippen molar-refractivity contribution in [3.05, 3.63) is 48.0 Å². The van der Waals surface area contributed by atoms with Crippen molar-refractivity contribution in [3.63, 3.8) is 0 Å². The van der Waals surface area contributed by atoms with E-state index in [0.29, 0.717) is 11.4 Å². The third kappa shape index (κ3) is 7.95. The molecule has 25 heavy (non-hydrogen) atoms. The fraction of sp³-hybridized carbons (Fsp3) is 0.200. The van der Waals surface area contributed by atoms with Gasteiger partial charge in [0.25, 0.3) is 0 Å². The molecule has 2 aromatic carbocycles. The molecule has 0 aromatic heterocycles. The first-order chi connectivity index (χ1) is 11.3. The smallest absolute Gasteiger partial charge is 0.871 e. The summed E-state index contributed by atoms with van der Waals surface area (Å²) in [4.78, 5) is 0. The molecule has 2 rings (SSSR count). The van der Waals surface area contributed by atoms with Crippen LogP contribution in [0.2, 0.25) is 0 Å². The van der Waals surface area contributed by atoms with Gasteiger partial charge in [-0.3, -0.25) is 4.55 Å². The van der Waals surface area contributed by atoms with Gasteiger partial charge in [0.15, 0.2) is 0 Å². The van der Waals surface area contributed by atoms with Crippen molar-refractivity contribution in [2.24, 2.45) is 10.2 Å². The van der Waals surface area contributed by atoms with Crippen LogP contribution in [0, 0.1) is 6.92 Å². The molecule has 8 nitrogen and oxygen atoms in total. The average molecular weight is 374 g/mol. The third-order valence-corrected chi connectivity index (χ3v) is 3.27. The van der Waals surface area contributed by atoms with E-state index in [4.69, 9.17) is 9.29 Å². The summed E-state index contributed by atoms with van der Waals surface area (Å²) in [6.07, 6.45) is 0. The van der Waals surface area contributed by atoms with Crippen LogP contribution in [0.15, 0.2) is 52.7 Å². The van der Waals surface area contributed by atoms with Crippen LogP contribution >= 0.6 is 0 Å². The average Bonchev–Trinajstić information content (AvgIpc) is 2.53. The normalized spacial score (nSPS) is 11.3. The van der Waals surface area contributed by atoms with Gasteiger partial charge in [-0.05, 0) is 42.8 Å². The summed E-state index contributed by atoms with van der Waals surface area (Å²) >= 11 is 0. The van der Waals surface area contributed by atoms with E-state index in [2.05, 4.69) is 14.4 Å². The molecule has 1 N–H and O–H groups in total. The predicted molar refractivity (Wildman–Crippen MR) is 84.2 cm³/mol. The van der Waals surface area contributed by atoms with Gasteiger partial charge in [0.1, 0.15) is 19.0 Å². The second kappa shape index (κ2) is 9.85. The number of hydrogen-bond donors (Lipinski definition) is 1. The molecule has 0 unspecified atom stereocenters. The Morgan fingerprint density at radius 1 is 1.08 bits per heavy atom. The number of benzene rings is 2. The van der Waals surface area contributed by atoms with Crippen LogP contribution in [-0.4, -0.2) is 26.2 Å². The molecule has 2 aromatic rings. The maximum absolute atomic E-state index is 11.6. The minimum atomic E-state index is -4.46. The van der Waals surface area contributed by atoms with Crippen molar-refractivity contribution in [2.45, 2.75) is 6.92 Å². The second-order valence-electron chi connectivity index (χ2n) is 4.76. The molecule has 0 aliphatic carbocycles. The Kier molecular flexibility index (Phi) is 8.50.